The number of ether oxygens (including phenoxy) is 1. The van der Waals surface area contributed by atoms with Gasteiger partial charge in [0.25, 0.3) is 0 Å². The minimum absolute atomic E-state index is 0.148. The normalized spacial score (nSPS) is 14.5. The fraction of sp³-hybridized carbons (Fsp3) is 0.300. The van der Waals surface area contributed by atoms with Crippen molar-refractivity contribution in [2.75, 3.05) is 7.11 Å². The number of benzene rings is 1. The average molecular weight is 249 g/mol. The number of aliphatic hydroxyl groups is 1. The second-order valence-electron chi connectivity index (χ2n) is 3.17. The minimum Gasteiger partial charge on any atom is -0.467 e. The largest absolute Gasteiger partial charge is 0.467 e. The van der Waals surface area contributed by atoms with Gasteiger partial charge < -0.3 is 9.84 Å². The maximum absolute atomic E-state index is 11.3. The summed E-state index contributed by atoms with van der Waals surface area (Å²) >= 11 is 11.7. The SMILES string of the molecule is COC(=O)C(C)(O)c1cccc(Cl)c1Cl. The highest BCUT2D eigenvalue weighted by molar-refractivity contribution is 6.42. The summed E-state index contributed by atoms with van der Waals surface area (Å²) in [5.41, 5.74) is -1.57. The van der Waals surface area contributed by atoms with Crippen LogP contribution in [0.15, 0.2) is 18.2 Å². The topological polar surface area (TPSA) is 46.5 Å². The Labute approximate surface area is 97.6 Å². The average Bonchev–Trinajstić information content (AvgIpc) is 2.20. The van der Waals surface area contributed by atoms with Crippen molar-refractivity contribution in [1.29, 1.82) is 0 Å². The summed E-state index contributed by atoms with van der Waals surface area (Å²) in [6.07, 6.45) is 0. The van der Waals surface area contributed by atoms with Gasteiger partial charge in [-0.3, -0.25) is 0 Å². The number of carbonyl (C=O) groups excluding carboxylic acids is 1. The van der Waals surface area contributed by atoms with E-state index in [1.165, 1.54) is 20.1 Å². The van der Waals surface area contributed by atoms with Gasteiger partial charge >= 0.3 is 5.97 Å². The van der Waals surface area contributed by atoms with Crippen LogP contribution in [0.4, 0.5) is 0 Å². The Morgan fingerprint density at radius 1 is 1.47 bits per heavy atom. The first-order valence-electron chi connectivity index (χ1n) is 4.16. The van der Waals surface area contributed by atoms with Crippen molar-refractivity contribution in [1.82, 2.24) is 0 Å². The molecule has 1 atom stereocenters. The molecule has 0 radical (unpaired) electrons. The predicted octanol–water partition coefficient (Wildman–Crippen LogP) is 2.37. The van der Waals surface area contributed by atoms with Crippen molar-refractivity contribution in [2.45, 2.75) is 12.5 Å². The Morgan fingerprint density at radius 2 is 2.07 bits per heavy atom. The molecule has 0 amide bonds. The Morgan fingerprint density at radius 3 is 2.60 bits per heavy atom. The van der Waals surface area contributed by atoms with Crippen molar-refractivity contribution >= 4 is 29.2 Å². The van der Waals surface area contributed by atoms with Gasteiger partial charge in [-0.25, -0.2) is 4.79 Å². The van der Waals surface area contributed by atoms with Crippen molar-refractivity contribution < 1.29 is 14.6 Å². The van der Waals surface area contributed by atoms with Gasteiger partial charge in [0, 0.05) is 5.56 Å². The zero-order chi connectivity index (χ0) is 11.6. The third-order valence-electron chi connectivity index (χ3n) is 2.06. The molecular weight excluding hydrogens is 239 g/mol. The first-order valence-corrected chi connectivity index (χ1v) is 4.92. The molecule has 0 aliphatic rings. The highest BCUT2D eigenvalue weighted by Gasteiger charge is 2.35. The summed E-state index contributed by atoms with van der Waals surface area (Å²) in [4.78, 5) is 11.3. The monoisotopic (exact) mass is 248 g/mol. The predicted molar refractivity (Wildman–Crippen MR) is 58.0 cm³/mol. The summed E-state index contributed by atoms with van der Waals surface area (Å²) in [7, 11) is 1.19. The van der Waals surface area contributed by atoms with Gasteiger partial charge in [0.1, 0.15) is 0 Å². The molecule has 1 unspecified atom stereocenters. The zero-order valence-electron chi connectivity index (χ0n) is 8.25. The van der Waals surface area contributed by atoms with Crippen molar-refractivity contribution in [3.8, 4) is 0 Å². The number of halogens is 2. The molecule has 0 bridgehead atoms. The highest BCUT2D eigenvalue weighted by atomic mass is 35.5. The van der Waals surface area contributed by atoms with E-state index in [1.807, 2.05) is 0 Å². The fourth-order valence-electron chi connectivity index (χ4n) is 1.19. The van der Waals surface area contributed by atoms with E-state index in [2.05, 4.69) is 4.74 Å². The first kappa shape index (κ1) is 12.3. The number of hydrogen-bond donors (Lipinski definition) is 1. The van der Waals surface area contributed by atoms with Crippen LogP contribution in [0.1, 0.15) is 12.5 Å². The van der Waals surface area contributed by atoms with Crippen LogP contribution in [-0.4, -0.2) is 18.2 Å². The van der Waals surface area contributed by atoms with Gasteiger partial charge in [-0.2, -0.15) is 0 Å². The number of rotatable bonds is 2. The third kappa shape index (κ3) is 2.25. The first-order chi connectivity index (χ1) is 6.91. The van der Waals surface area contributed by atoms with Crippen LogP contribution in [0.25, 0.3) is 0 Å². The molecule has 0 fully saturated rings. The summed E-state index contributed by atoms with van der Waals surface area (Å²) in [6.45, 7) is 1.30. The fourth-order valence-corrected chi connectivity index (χ4v) is 1.67. The molecule has 1 aromatic carbocycles. The summed E-state index contributed by atoms with van der Waals surface area (Å²) in [5.74, 6) is -0.785. The molecule has 0 saturated carbocycles. The maximum Gasteiger partial charge on any atom is 0.342 e. The van der Waals surface area contributed by atoms with Crippen LogP contribution < -0.4 is 0 Å². The standard InChI is InChI=1S/C10H10Cl2O3/c1-10(14,9(13)15-2)6-4-3-5-7(11)8(6)12/h3-5,14H,1-2H3. The maximum atomic E-state index is 11.3. The zero-order valence-corrected chi connectivity index (χ0v) is 9.76. The molecule has 0 heterocycles. The van der Waals surface area contributed by atoms with Crippen LogP contribution in [0.3, 0.4) is 0 Å². The smallest absolute Gasteiger partial charge is 0.342 e. The lowest BCUT2D eigenvalue weighted by Crippen LogP contribution is -2.33. The van der Waals surface area contributed by atoms with E-state index >= 15 is 0 Å². The number of hydrogen-bond acceptors (Lipinski definition) is 3. The molecule has 0 spiro atoms. The third-order valence-corrected chi connectivity index (χ3v) is 2.88. The molecule has 82 valence electrons. The molecule has 1 N–H and O–H groups in total. The quantitative estimate of drug-likeness (QED) is 0.818. The molecule has 1 aromatic rings. The van der Waals surface area contributed by atoms with Gasteiger partial charge in [0.05, 0.1) is 17.2 Å². The van der Waals surface area contributed by atoms with E-state index < -0.39 is 11.6 Å². The second-order valence-corrected chi connectivity index (χ2v) is 3.95. The summed E-state index contributed by atoms with van der Waals surface area (Å²) in [6, 6.07) is 4.69. The van der Waals surface area contributed by atoms with Crippen LogP contribution in [0.5, 0.6) is 0 Å². The molecule has 5 heteroatoms. The number of carbonyl (C=O) groups is 1. The molecule has 0 aliphatic carbocycles. The highest BCUT2D eigenvalue weighted by Crippen LogP contribution is 2.33. The van der Waals surface area contributed by atoms with Crippen LogP contribution in [-0.2, 0) is 15.1 Å². The lowest BCUT2D eigenvalue weighted by Gasteiger charge is -2.22. The summed E-state index contributed by atoms with van der Waals surface area (Å²) in [5, 5.41) is 10.4. The van der Waals surface area contributed by atoms with Crippen molar-refractivity contribution in [3.05, 3.63) is 33.8 Å². The number of methoxy groups -OCH3 is 1. The molecule has 0 saturated heterocycles. The van der Waals surface area contributed by atoms with Crippen molar-refractivity contribution in [2.24, 2.45) is 0 Å². The van der Waals surface area contributed by atoms with Gasteiger partial charge in [0.15, 0.2) is 5.60 Å². The Balaban J connectivity index is 3.27. The summed E-state index contributed by atoms with van der Waals surface area (Å²) < 4.78 is 4.47. The van der Waals surface area contributed by atoms with Crippen LogP contribution in [0, 0.1) is 0 Å². The molecular formula is C10H10Cl2O3. The molecule has 1 rings (SSSR count). The molecule has 3 nitrogen and oxygen atoms in total. The van der Waals surface area contributed by atoms with E-state index in [0.717, 1.165) is 0 Å². The Bertz CT molecular complexity index is 388. The van der Waals surface area contributed by atoms with Gasteiger partial charge in [0.2, 0.25) is 0 Å². The molecule has 0 aliphatic heterocycles. The number of esters is 1. The van der Waals surface area contributed by atoms with E-state index in [9.17, 15) is 9.90 Å². The van der Waals surface area contributed by atoms with Crippen molar-refractivity contribution in [3.63, 3.8) is 0 Å². The second kappa shape index (κ2) is 4.39. The lowest BCUT2D eigenvalue weighted by atomic mass is 9.96. The van der Waals surface area contributed by atoms with E-state index in [4.69, 9.17) is 23.2 Å². The van der Waals surface area contributed by atoms with Gasteiger partial charge in [-0.15, -0.1) is 0 Å². The van der Waals surface area contributed by atoms with Crippen LogP contribution >= 0.6 is 23.2 Å². The minimum atomic E-state index is -1.79. The Kier molecular flexibility index (Phi) is 3.60. The van der Waals surface area contributed by atoms with Gasteiger partial charge in [-0.05, 0) is 13.0 Å². The van der Waals surface area contributed by atoms with E-state index in [0.29, 0.717) is 0 Å². The Hall–Kier alpha value is -0.770. The van der Waals surface area contributed by atoms with E-state index in [1.54, 1.807) is 12.1 Å². The molecule has 15 heavy (non-hydrogen) atoms. The van der Waals surface area contributed by atoms with E-state index in [-0.39, 0.29) is 15.6 Å². The lowest BCUT2D eigenvalue weighted by molar-refractivity contribution is -0.161. The van der Waals surface area contributed by atoms with Crippen LogP contribution in [0.2, 0.25) is 10.0 Å². The van der Waals surface area contributed by atoms with Gasteiger partial charge in [-0.1, -0.05) is 35.3 Å². The molecule has 0 aromatic heterocycles.